The molecule has 0 spiro atoms. The molecule has 29 heavy (non-hydrogen) atoms. The minimum Gasteiger partial charge on any atom is -0.484 e. The van der Waals surface area contributed by atoms with Crippen molar-refractivity contribution in [1.29, 1.82) is 5.26 Å². The average Bonchev–Trinajstić information content (AvgIpc) is 2.77. The maximum absolute atomic E-state index is 13.1. The smallest absolute Gasteiger partial charge is 0.260 e. The van der Waals surface area contributed by atoms with Crippen LogP contribution in [-0.4, -0.2) is 24.5 Å². The Labute approximate surface area is 169 Å². The van der Waals surface area contributed by atoms with Crippen molar-refractivity contribution in [1.82, 2.24) is 4.90 Å². The van der Waals surface area contributed by atoms with E-state index in [-0.39, 0.29) is 24.4 Å². The lowest BCUT2D eigenvalue weighted by molar-refractivity contribution is -0.134. The van der Waals surface area contributed by atoms with Crippen molar-refractivity contribution in [3.8, 4) is 22.9 Å². The van der Waals surface area contributed by atoms with Crippen molar-refractivity contribution in [2.24, 2.45) is 0 Å². The van der Waals surface area contributed by atoms with E-state index in [0.717, 1.165) is 16.7 Å². The van der Waals surface area contributed by atoms with E-state index in [4.69, 9.17) is 10.00 Å². The van der Waals surface area contributed by atoms with Crippen LogP contribution in [0.25, 0.3) is 11.1 Å². The standard InChI is InChI=1S/C24H21FN2O2/c1-17(19-7-11-22(25)12-8-19)27(2)24(28)16-29-23-13-9-21(10-14-23)20-5-3-18(15-26)4-6-20/h3-14,17H,16H2,1-2H3. The van der Waals surface area contributed by atoms with Crippen LogP contribution in [0.4, 0.5) is 4.39 Å². The number of ether oxygens (including phenoxy) is 1. The predicted octanol–water partition coefficient (Wildman–Crippen LogP) is 4.96. The third kappa shape index (κ3) is 4.99. The molecule has 0 radical (unpaired) electrons. The Morgan fingerprint density at radius 3 is 2.10 bits per heavy atom. The molecule has 0 heterocycles. The lowest BCUT2D eigenvalue weighted by Crippen LogP contribution is -2.33. The molecule has 1 unspecified atom stereocenters. The Morgan fingerprint density at radius 1 is 1.00 bits per heavy atom. The Bertz CT molecular complexity index is 1010. The molecule has 5 heteroatoms. The van der Waals surface area contributed by atoms with E-state index in [0.29, 0.717) is 11.3 Å². The summed E-state index contributed by atoms with van der Waals surface area (Å²) in [4.78, 5) is 14.0. The maximum atomic E-state index is 13.1. The Hall–Kier alpha value is -3.65. The fourth-order valence-electron chi connectivity index (χ4n) is 2.91. The molecule has 3 aromatic carbocycles. The molecule has 0 aliphatic carbocycles. The second kappa shape index (κ2) is 9.03. The van der Waals surface area contributed by atoms with Crippen molar-refractivity contribution >= 4 is 5.91 Å². The summed E-state index contributed by atoms with van der Waals surface area (Å²) >= 11 is 0. The van der Waals surface area contributed by atoms with Crippen LogP contribution in [0.5, 0.6) is 5.75 Å². The molecular formula is C24H21FN2O2. The summed E-state index contributed by atoms with van der Waals surface area (Å²) in [5.74, 6) is 0.124. The second-order valence-electron chi connectivity index (χ2n) is 6.73. The SMILES string of the molecule is CC(c1ccc(F)cc1)N(C)C(=O)COc1ccc(-c2ccc(C#N)cc2)cc1. The van der Waals surface area contributed by atoms with Crippen LogP contribution >= 0.6 is 0 Å². The summed E-state index contributed by atoms with van der Waals surface area (Å²) in [6.07, 6.45) is 0. The van der Waals surface area contributed by atoms with Gasteiger partial charge in [0.15, 0.2) is 6.61 Å². The van der Waals surface area contributed by atoms with Crippen molar-refractivity contribution in [3.63, 3.8) is 0 Å². The van der Waals surface area contributed by atoms with Crippen LogP contribution in [0.2, 0.25) is 0 Å². The molecule has 0 fully saturated rings. The summed E-state index contributed by atoms with van der Waals surface area (Å²) in [6.45, 7) is 1.80. The largest absolute Gasteiger partial charge is 0.484 e. The average molecular weight is 388 g/mol. The molecule has 3 rings (SSSR count). The third-order valence-electron chi connectivity index (χ3n) is 4.89. The zero-order valence-electron chi connectivity index (χ0n) is 16.3. The van der Waals surface area contributed by atoms with Crippen molar-refractivity contribution < 1.29 is 13.9 Å². The zero-order chi connectivity index (χ0) is 20.8. The number of rotatable bonds is 6. The predicted molar refractivity (Wildman–Crippen MR) is 110 cm³/mol. The highest BCUT2D eigenvalue weighted by molar-refractivity contribution is 5.78. The summed E-state index contributed by atoms with van der Waals surface area (Å²) in [5, 5.41) is 8.88. The molecule has 0 N–H and O–H groups in total. The third-order valence-corrected chi connectivity index (χ3v) is 4.89. The number of nitrogens with zero attached hydrogens (tertiary/aromatic N) is 2. The van der Waals surface area contributed by atoms with E-state index in [1.54, 1.807) is 36.2 Å². The summed E-state index contributed by atoms with van der Waals surface area (Å²) in [6, 6.07) is 22.8. The van der Waals surface area contributed by atoms with Crippen LogP contribution in [0.15, 0.2) is 72.8 Å². The molecule has 0 aliphatic heterocycles. The minimum atomic E-state index is -0.303. The lowest BCUT2D eigenvalue weighted by Gasteiger charge is -2.25. The number of hydrogen-bond acceptors (Lipinski definition) is 3. The van der Waals surface area contributed by atoms with E-state index in [1.807, 2.05) is 43.3 Å². The topological polar surface area (TPSA) is 53.3 Å². The fraction of sp³-hybridized carbons (Fsp3) is 0.167. The summed E-state index contributed by atoms with van der Waals surface area (Å²) in [5.41, 5.74) is 3.47. The van der Waals surface area contributed by atoms with Gasteiger partial charge in [-0.2, -0.15) is 5.26 Å². The first kappa shape index (κ1) is 20.1. The number of carbonyl (C=O) groups excluding carboxylic acids is 1. The molecular weight excluding hydrogens is 367 g/mol. The summed E-state index contributed by atoms with van der Waals surface area (Å²) < 4.78 is 18.7. The molecule has 0 bridgehead atoms. The molecule has 0 aromatic heterocycles. The first-order valence-electron chi connectivity index (χ1n) is 9.22. The van der Waals surface area contributed by atoms with Gasteiger partial charge in [0.05, 0.1) is 17.7 Å². The highest BCUT2D eigenvalue weighted by Crippen LogP contribution is 2.23. The van der Waals surface area contributed by atoms with E-state index in [1.165, 1.54) is 12.1 Å². The van der Waals surface area contributed by atoms with Gasteiger partial charge in [0.25, 0.3) is 5.91 Å². The molecule has 0 saturated heterocycles. The van der Waals surface area contributed by atoms with Crippen molar-refractivity contribution in [2.75, 3.05) is 13.7 Å². The molecule has 146 valence electrons. The maximum Gasteiger partial charge on any atom is 0.260 e. The Morgan fingerprint density at radius 2 is 1.55 bits per heavy atom. The van der Waals surface area contributed by atoms with Gasteiger partial charge in [-0.1, -0.05) is 36.4 Å². The minimum absolute atomic E-state index is 0.0851. The van der Waals surface area contributed by atoms with Gasteiger partial charge in [-0.25, -0.2) is 4.39 Å². The number of likely N-dealkylation sites (N-methyl/N-ethyl adjacent to an activating group) is 1. The summed E-state index contributed by atoms with van der Waals surface area (Å²) in [7, 11) is 1.70. The van der Waals surface area contributed by atoms with Gasteiger partial charge in [0.2, 0.25) is 0 Å². The Kier molecular flexibility index (Phi) is 6.25. The number of hydrogen-bond donors (Lipinski definition) is 0. The molecule has 0 aliphatic rings. The van der Waals surface area contributed by atoms with Crippen molar-refractivity contribution in [3.05, 3.63) is 89.7 Å². The van der Waals surface area contributed by atoms with Gasteiger partial charge < -0.3 is 9.64 Å². The van der Waals surface area contributed by atoms with Gasteiger partial charge in [-0.15, -0.1) is 0 Å². The molecule has 3 aromatic rings. The van der Waals surface area contributed by atoms with Gasteiger partial charge in [0.1, 0.15) is 11.6 Å². The number of amides is 1. The monoisotopic (exact) mass is 388 g/mol. The van der Waals surface area contributed by atoms with Gasteiger partial charge >= 0.3 is 0 Å². The van der Waals surface area contributed by atoms with Gasteiger partial charge in [0, 0.05) is 7.05 Å². The zero-order valence-corrected chi connectivity index (χ0v) is 16.3. The highest BCUT2D eigenvalue weighted by atomic mass is 19.1. The number of carbonyl (C=O) groups is 1. The Balaban J connectivity index is 1.58. The fourth-order valence-corrected chi connectivity index (χ4v) is 2.91. The van der Waals surface area contributed by atoms with Gasteiger partial charge in [-0.3, -0.25) is 4.79 Å². The molecule has 4 nitrogen and oxygen atoms in total. The van der Waals surface area contributed by atoms with E-state index < -0.39 is 0 Å². The highest BCUT2D eigenvalue weighted by Gasteiger charge is 2.18. The number of benzene rings is 3. The van der Waals surface area contributed by atoms with E-state index in [2.05, 4.69) is 6.07 Å². The van der Waals surface area contributed by atoms with Crippen LogP contribution in [-0.2, 0) is 4.79 Å². The molecule has 1 atom stereocenters. The van der Waals surface area contributed by atoms with Crippen LogP contribution < -0.4 is 4.74 Å². The van der Waals surface area contributed by atoms with Crippen molar-refractivity contribution in [2.45, 2.75) is 13.0 Å². The van der Waals surface area contributed by atoms with Crippen LogP contribution in [0.1, 0.15) is 24.1 Å². The molecule has 1 amide bonds. The van der Waals surface area contributed by atoms with Gasteiger partial charge in [-0.05, 0) is 60.0 Å². The first-order valence-corrected chi connectivity index (χ1v) is 9.22. The first-order chi connectivity index (χ1) is 14.0. The van der Waals surface area contributed by atoms with Crippen LogP contribution in [0.3, 0.4) is 0 Å². The van der Waals surface area contributed by atoms with E-state index in [9.17, 15) is 9.18 Å². The normalized spacial score (nSPS) is 11.4. The lowest BCUT2D eigenvalue weighted by atomic mass is 10.0. The molecule has 0 saturated carbocycles. The number of nitriles is 1. The second-order valence-corrected chi connectivity index (χ2v) is 6.73. The number of halogens is 1. The quantitative estimate of drug-likeness (QED) is 0.600. The van der Waals surface area contributed by atoms with Crippen LogP contribution in [0, 0.1) is 17.1 Å². The van der Waals surface area contributed by atoms with E-state index >= 15 is 0 Å².